The molecule has 2 aliphatic rings. The second-order valence-corrected chi connectivity index (χ2v) is 8.48. The summed E-state index contributed by atoms with van der Waals surface area (Å²) < 4.78 is 27.5. The number of hydrogen-bond acceptors (Lipinski definition) is 3. The van der Waals surface area contributed by atoms with Crippen LogP contribution in [0.2, 0.25) is 10.0 Å². The van der Waals surface area contributed by atoms with Crippen LogP contribution in [0.3, 0.4) is 0 Å². The molecule has 0 unspecified atom stereocenters. The molecule has 3 rings (SSSR count). The first-order valence-electron chi connectivity index (χ1n) is 7.13. The van der Waals surface area contributed by atoms with Crippen molar-refractivity contribution in [3.63, 3.8) is 0 Å². The van der Waals surface area contributed by atoms with Crippen LogP contribution in [0.1, 0.15) is 25.7 Å². The molecule has 2 saturated carbocycles. The van der Waals surface area contributed by atoms with Crippen molar-refractivity contribution in [1.29, 1.82) is 0 Å². The topological polar surface area (TPSA) is 72.2 Å². The Balaban J connectivity index is 1.76. The van der Waals surface area contributed by atoms with Crippen molar-refractivity contribution in [1.82, 2.24) is 4.72 Å². The summed E-state index contributed by atoms with van der Waals surface area (Å²) in [6.07, 6.45) is 4.88. The van der Waals surface area contributed by atoms with E-state index in [0.717, 1.165) is 0 Å². The average Bonchev–Trinajstić information content (AvgIpc) is 3.28. The van der Waals surface area contributed by atoms with Crippen LogP contribution < -0.4 is 10.5 Å². The van der Waals surface area contributed by atoms with E-state index in [0.29, 0.717) is 24.3 Å². The number of nitrogens with one attached hydrogen (secondary N) is 1. The van der Waals surface area contributed by atoms with Crippen molar-refractivity contribution in [3.05, 3.63) is 22.2 Å². The molecule has 0 aromatic heterocycles. The number of nitrogens with two attached hydrogens (primary N) is 1. The van der Waals surface area contributed by atoms with Gasteiger partial charge in [-0.05, 0) is 55.6 Å². The van der Waals surface area contributed by atoms with Crippen molar-refractivity contribution in [3.8, 4) is 0 Å². The fourth-order valence-corrected chi connectivity index (χ4v) is 4.64. The average molecular weight is 349 g/mol. The summed E-state index contributed by atoms with van der Waals surface area (Å²) in [5.41, 5.74) is 5.79. The van der Waals surface area contributed by atoms with E-state index < -0.39 is 10.0 Å². The maximum Gasteiger partial charge on any atom is 0.242 e. The van der Waals surface area contributed by atoms with Crippen molar-refractivity contribution < 1.29 is 8.42 Å². The van der Waals surface area contributed by atoms with E-state index in [1.807, 2.05) is 0 Å². The Bertz CT molecular complexity index is 643. The normalized spacial score (nSPS) is 19.2. The highest BCUT2D eigenvalue weighted by molar-refractivity contribution is 7.89. The Morgan fingerprint density at radius 3 is 2.29 bits per heavy atom. The largest absolute Gasteiger partial charge is 0.396 e. The molecular weight excluding hydrogens is 331 g/mol. The van der Waals surface area contributed by atoms with E-state index in [1.54, 1.807) is 0 Å². The van der Waals surface area contributed by atoms with Gasteiger partial charge in [-0.15, -0.1) is 0 Å². The number of halogens is 2. The Hall–Kier alpha value is -0.490. The fraction of sp³-hybridized carbons (Fsp3) is 0.571. The molecule has 7 heteroatoms. The highest BCUT2D eigenvalue weighted by Gasteiger charge is 2.41. The van der Waals surface area contributed by atoms with Gasteiger partial charge >= 0.3 is 0 Å². The summed E-state index contributed by atoms with van der Waals surface area (Å²) in [6.45, 7) is 0.483. The van der Waals surface area contributed by atoms with Crippen LogP contribution in [0.5, 0.6) is 0 Å². The van der Waals surface area contributed by atoms with Gasteiger partial charge in [0, 0.05) is 6.54 Å². The summed E-state index contributed by atoms with van der Waals surface area (Å²) in [5, 5.41) is 0.247. The number of hydrogen-bond donors (Lipinski definition) is 2. The quantitative estimate of drug-likeness (QED) is 0.774. The van der Waals surface area contributed by atoms with Gasteiger partial charge in [0.05, 0.1) is 15.7 Å². The minimum Gasteiger partial charge on any atom is -0.396 e. The zero-order chi connectivity index (χ0) is 15.2. The van der Waals surface area contributed by atoms with Gasteiger partial charge in [-0.1, -0.05) is 23.2 Å². The van der Waals surface area contributed by atoms with E-state index in [1.165, 1.54) is 37.8 Å². The molecule has 116 valence electrons. The third-order valence-electron chi connectivity index (χ3n) is 4.34. The SMILES string of the molecule is Nc1c(Cl)ccc(S(=O)(=O)NCC(C2CC2)C2CC2)c1Cl. The number of rotatable bonds is 6. The molecule has 0 aliphatic heterocycles. The van der Waals surface area contributed by atoms with Crippen molar-refractivity contribution in [2.75, 3.05) is 12.3 Å². The first-order chi connectivity index (χ1) is 9.90. The number of benzene rings is 1. The van der Waals surface area contributed by atoms with Gasteiger partial charge < -0.3 is 5.73 Å². The predicted molar refractivity (Wildman–Crippen MR) is 85.0 cm³/mol. The highest BCUT2D eigenvalue weighted by Crippen LogP contribution is 2.49. The van der Waals surface area contributed by atoms with Gasteiger partial charge in [-0.3, -0.25) is 0 Å². The summed E-state index contributed by atoms with van der Waals surface area (Å²) in [5.74, 6) is 1.83. The minimum absolute atomic E-state index is 0.00332. The summed E-state index contributed by atoms with van der Waals surface area (Å²) in [6, 6.07) is 2.85. The molecule has 0 saturated heterocycles. The van der Waals surface area contributed by atoms with E-state index in [-0.39, 0.29) is 20.6 Å². The second kappa shape index (κ2) is 5.61. The zero-order valence-electron chi connectivity index (χ0n) is 11.5. The van der Waals surface area contributed by atoms with Gasteiger partial charge in [0.1, 0.15) is 4.90 Å². The van der Waals surface area contributed by atoms with Crippen LogP contribution in [0.15, 0.2) is 17.0 Å². The van der Waals surface area contributed by atoms with Gasteiger partial charge in [0.25, 0.3) is 0 Å². The Morgan fingerprint density at radius 2 is 1.76 bits per heavy atom. The highest BCUT2D eigenvalue weighted by atomic mass is 35.5. The van der Waals surface area contributed by atoms with Crippen LogP contribution in [-0.4, -0.2) is 15.0 Å². The standard InChI is InChI=1S/C14H18Cl2N2O2S/c15-11-5-6-12(13(16)14(11)17)21(19,20)18-7-10(8-1-2-8)9-3-4-9/h5-6,8-10,18H,1-4,7,17H2. The van der Waals surface area contributed by atoms with Crippen LogP contribution in [0.25, 0.3) is 0 Å². The fourth-order valence-electron chi connectivity index (χ4n) is 2.81. The first kappa shape index (κ1) is 15.4. The summed E-state index contributed by atoms with van der Waals surface area (Å²) in [7, 11) is -3.66. The molecule has 2 aliphatic carbocycles. The van der Waals surface area contributed by atoms with Crippen molar-refractivity contribution >= 4 is 38.9 Å². The third kappa shape index (κ3) is 3.31. The number of sulfonamides is 1. The lowest BCUT2D eigenvalue weighted by atomic mass is 9.99. The summed E-state index contributed by atoms with van der Waals surface area (Å²) in [4.78, 5) is -0.00332. The van der Waals surface area contributed by atoms with Crippen molar-refractivity contribution in [2.45, 2.75) is 30.6 Å². The monoisotopic (exact) mass is 348 g/mol. The maximum absolute atomic E-state index is 12.4. The lowest BCUT2D eigenvalue weighted by Crippen LogP contribution is -2.31. The van der Waals surface area contributed by atoms with E-state index in [4.69, 9.17) is 28.9 Å². The Labute approximate surface area is 135 Å². The lowest BCUT2D eigenvalue weighted by molar-refractivity contribution is 0.401. The van der Waals surface area contributed by atoms with Crippen LogP contribution in [0, 0.1) is 17.8 Å². The smallest absolute Gasteiger partial charge is 0.242 e. The molecule has 1 aromatic rings. The maximum atomic E-state index is 12.4. The predicted octanol–water partition coefficient (Wildman–Crippen LogP) is 3.29. The van der Waals surface area contributed by atoms with Crippen LogP contribution in [-0.2, 0) is 10.0 Å². The molecule has 0 radical (unpaired) electrons. The van der Waals surface area contributed by atoms with E-state index in [9.17, 15) is 8.42 Å². The third-order valence-corrected chi connectivity index (χ3v) is 6.66. The molecule has 4 nitrogen and oxygen atoms in total. The van der Waals surface area contributed by atoms with E-state index >= 15 is 0 Å². The van der Waals surface area contributed by atoms with Gasteiger partial charge in [-0.2, -0.15) is 0 Å². The molecule has 3 N–H and O–H groups in total. The van der Waals surface area contributed by atoms with Crippen LogP contribution in [0.4, 0.5) is 5.69 Å². The van der Waals surface area contributed by atoms with Gasteiger partial charge in [0.2, 0.25) is 10.0 Å². The molecule has 0 amide bonds. The molecule has 0 bridgehead atoms. The number of anilines is 1. The zero-order valence-corrected chi connectivity index (χ0v) is 13.8. The molecule has 1 aromatic carbocycles. The van der Waals surface area contributed by atoms with Gasteiger partial charge in [-0.25, -0.2) is 13.1 Å². The summed E-state index contributed by atoms with van der Waals surface area (Å²) >= 11 is 11.9. The second-order valence-electron chi connectivity index (χ2n) is 5.96. The first-order valence-corrected chi connectivity index (χ1v) is 9.37. The van der Waals surface area contributed by atoms with E-state index in [2.05, 4.69) is 4.72 Å². The molecule has 0 atom stereocenters. The van der Waals surface area contributed by atoms with Crippen molar-refractivity contribution in [2.24, 2.45) is 17.8 Å². The minimum atomic E-state index is -3.66. The molecule has 2 fully saturated rings. The van der Waals surface area contributed by atoms with Crippen LogP contribution >= 0.6 is 23.2 Å². The number of nitrogen functional groups attached to an aromatic ring is 1. The molecule has 0 spiro atoms. The molecule has 0 heterocycles. The Morgan fingerprint density at radius 1 is 1.19 bits per heavy atom. The van der Waals surface area contributed by atoms with Gasteiger partial charge in [0.15, 0.2) is 0 Å². The molecular formula is C14H18Cl2N2O2S. The molecule has 21 heavy (non-hydrogen) atoms. The lowest BCUT2D eigenvalue weighted by Gasteiger charge is -2.17. The Kier molecular flexibility index (Phi) is 4.12.